The van der Waals surface area contributed by atoms with Gasteiger partial charge in [0.2, 0.25) is 5.91 Å². The monoisotopic (exact) mass is 274 g/mol. The standard InChI is InChI=1S/C17H26N2O/c1-6-15(11(2)3)19-16(20)10-18-17(19)14-9-12(4)7-8-13(14)5/h7-9,11,15,17-18H,6,10H2,1-5H3. The van der Waals surface area contributed by atoms with Gasteiger partial charge in [0.1, 0.15) is 6.17 Å². The Balaban J connectivity index is 2.39. The number of nitrogens with one attached hydrogen (secondary N) is 1. The maximum atomic E-state index is 12.3. The molecular formula is C17H26N2O. The average Bonchev–Trinajstić information content (AvgIpc) is 2.75. The molecule has 1 saturated heterocycles. The molecule has 1 aromatic rings. The van der Waals surface area contributed by atoms with Crippen LogP contribution in [-0.2, 0) is 4.79 Å². The maximum Gasteiger partial charge on any atom is 0.238 e. The van der Waals surface area contributed by atoms with E-state index in [0.717, 1.165) is 6.42 Å². The van der Waals surface area contributed by atoms with Gasteiger partial charge >= 0.3 is 0 Å². The van der Waals surface area contributed by atoms with E-state index >= 15 is 0 Å². The van der Waals surface area contributed by atoms with Gasteiger partial charge in [-0.1, -0.05) is 44.5 Å². The molecule has 110 valence electrons. The van der Waals surface area contributed by atoms with E-state index in [-0.39, 0.29) is 12.1 Å². The molecule has 1 heterocycles. The molecule has 1 N–H and O–H groups in total. The summed E-state index contributed by atoms with van der Waals surface area (Å²) in [7, 11) is 0. The summed E-state index contributed by atoms with van der Waals surface area (Å²) in [6, 6.07) is 6.76. The SMILES string of the molecule is CCC(C(C)C)N1C(=O)CNC1c1cc(C)ccc1C. The Morgan fingerprint density at radius 3 is 2.65 bits per heavy atom. The smallest absolute Gasteiger partial charge is 0.238 e. The van der Waals surface area contributed by atoms with Crippen molar-refractivity contribution in [2.75, 3.05) is 6.54 Å². The zero-order valence-corrected chi connectivity index (χ0v) is 13.2. The Bertz CT molecular complexity index is 496. The lowest BCUT2D eigenvalue weighted by Gasteiger charge is -2.35. The Kier molecular flexibility index (Phi) is 4.48. The van der Waals surface area contributed by atoms with Crippen molar-refractivity contribution in [1.29, 1.82) is 0 Å². The third-order valence-corrected chi connectivity index (χ3v) is 4.29. The van der Waals surface area contributed by atoms with Crippen LogP contribution in [0.1, 0.15) is 50.0 Å². The number of carbonyl (C=O) groups is 1. The number of hydrogen-bond donors (Lipinski definition) is 1. The average molecular weight is 274 g/mol. The second kappa shape index (κ2) is 5.96. The first-order valence-corrected chi connectivity index (χ1v) is 7.57. The summed E-state index contributed by atoms with van der Waals surface area (Å²) in [5.74, 6) is 0.688. The molecule has 1 aliphatic rings. The minimum absolute atomic E-state index is 0.0229. The molecule has 0 aromatic heterocycles. The van der Waals surface area contributed by atoms with Gasteiger partial charge in [-0.3, -0.25) is 10.1 Å². The number of carbonyl (C=O) groups excluding carboxylic acids is 1. The van der Waals surface area contributed by atoms with E-state index in [1.165, 1.54) is 16.7 Å². The maximum absolute atomic E-state index is 12.3. The summed E-state index contributed by atoms with van der Waals surface area (Å²) >= 11 is 0. The number of rotatable bonds is 4. The highest BCUT2D eigenvalue weighted by Crippen LogP contribution is 2.31. The number of amides is 1. The molecule has 0 radical (unpaired) electrons. The minimum atomic E-state index is 0.0229. The molecular weight excluding hydrogens is 248 g/mol. The molecule has 0 aliphatic carbocycles. The molecule has 0 spiro atoms. The molecule has 1 amide bonds. The van der Waals surface area contributed by atoms with Gasteiger partial charge in [-0.25, -0.2) is 0 Å². The predicted molar refractivity (Wildman–Crippen MR) is 82.4 cm³/mol. The fourth-order valence-electron chi connectivity index (χ4n) is 3.20. The molecule has 20 heavy (non-hydrogen) atoms. The first-order valence-electron chi connectivity index (χ1n) is 7.57. The summed E-state index contributed by atoms with van der Waals surface area (Å²) in [5.41, 5.74) is 3.71. The zero-order valence-electron chi connectivity index (χ0n) is 13.2. The second-order valence-electron chi connectivity index (χ2n) is 6.16. The van der Waals surface area contributed by atoms with E-state index < -0.39 is 0 Å². The highest BCUT2D eigenvalue weighted by atomic mass is 16.2. The molecule has 1 fully saturated rings. The van der Waals surface area contributed by atoms with Gasteiger partial charge in [0.05, 0.1) is 6.54 Å². The van der Waals surface area contributed by atoms with E-state index in [1.54, 1.807) is 0 Å². The van der Waals surface area contributed by atoms with Gasteiger partial charge in [-0.05, 0) is 37.3 Å². The molecule has 0 saturated carbocycles. The van der Waals surface area contributed by atoms with E-state index in [9.17, 15) is 4.79 Å². The lowest BCUT2D eigenvalue weighted by Crippen LogP contribution is -2.42. The molecule has 2 rings (SSSR count). The number of benzene rings is 1. The van der Waals surface area contributed by atoms with Crippen LogP contribution in [0, 0.1) is 19.8 Å². The zero-order chi connectivity index (χ0) is 14.9. The van der Waals surface area contributed by atoms with Crippen molar-refractivity contribution >= 4 is 5.91 Å². The van der Waals surface area contributed by atoms with Crippen LogP contribution in [0.15, 0.2) is 18.2 Å². The molecule has 3 nitrogen and oxygen atoms in total. The van der Waals surface area contributed by atoms with Gasteiger partial charge in [-0.2, -0.15) is 0 Å². The Labute approximate surface area is 122 Å². The van der Waals surface area contributed by atoms with Crippen molar-refractivity contribution in [3.8, 4) is 0 Å². The van der Waals surface area contributed by atoms with E-state index in [4.69, 9.17) is 0 Å². The lowest BCUT2D eigenvalue weighted by molar-refractivity contribution is -0.131. The molecule has 1 aliphatic heterocycles. The van der Waals surface area contributed by atoms with E-state index in [2.05, 4.69) is 63.0 Å². The summed E-state index contributed by atoms with van der Waals surface area (Å²) in [4.78, 5) is 14.4. The van der Waals surface area contributed by atoms with Crippen LogP contribution in [0.2, 0.25) is 0 Å². The molecule has 0 bridgehead atoms. The van der Waals surface area contributed by atoms with Crippen molar-refractivity contribution < 1.29 is 4.79 Å². The summed E-state index contributed by atoms with van der Waals surface area (Å²) in [6.45, 7) is 11.2. The van der Waals surface area contributed by atoms with Crippen molar-refractivity contribution in [3.63, 3.8) is 0 Å². The minimum Gasteiger partial charge on any atom is -0.319 e. The topological polar surface area (TPSA) is 32.3 Å². The molecule has 3 heteroatoms. The Hall–Kier alpha value is -1.35. The fraction of sp³-hybridized carbons (Fsp3) is 0.588. The number of aryl methyl sites for hydroxylation is 2. The van der Waals surface area contributed by atoms with Crippen LogP contribution in [-0.4, -0.2) is 23.4 Å². The van der Waals surface area contributed by atoms with Crippen LogP contribution in [0.4, 0.5) is 0 Å². The van der Waals surface area contributed by atoms with Crippen LogP contribution >= 0.6 is 0 Å². The summed E-state index contributed by atoms with van der Waals surface area (Å²) in [6.07, 6.45) is 1.02. The van der Waals surface area contributed by atoms with Crippen LogP contribution in [0.25, 0.3) is 0 Å². The third kappa shape index (κ3) is 2.73. The molecule has 2 atom stereocenters. The van der Waals surface area contributed by atoms with Crippen molar-refractivity contribution in [3.05, 3.63) is 34.9 Å². The van der Waals surface area contributed by atoms with Crippen LogP contribution in [0.5, 0.6) is 0 Å². The van der Waals surface area contributed by atoms with Crippen LogP contribution in [0.3, 0.4) is 0 Å². The van der Waals surface area contributed by atoms with Gasteiger partial charge in [0.15, 0.2) is 0 Å². The van der Waals surface area contributed by atoms with E-state index in [0.29, 0.717) is 18.5 Å². The summed E-state index contributed by atoms with van der Waals surface area (Å²) < 4.78 is 0. The van der Waals surface area contributed by atoms with Crippen molar-refractivity contribution in [2.24, 2.45) is 5.92 Å². The first kappa shape index (κ1) is 15.0. The predicted octanol–water partition coefficient (Wildman–Crippen LogP) is 3.17. The summed E-state index contributed by atoms with van der Waals surface area (Å²) in [5, 5.41) is 3.39. The van der Waals surface area contributed by atoms with Gasteiger partial charge in [-0.15, -0.1) is 0 Å². The molecule has 2 unspecified atom stereocenters. The lowest BCUT2D eigenvalue weighted by atomic mass is 9.97. The number of hydrogen-bond acceptors (Lipinski definition) is 2. The Morgan fingerprint density at radius 1 is 1.35 bits per heavy atom. The van der Waals surface area contributed by atoms with Gasteiger partial charge in [0.25, 0.3) is 0 Å². The van der Waals surface area contributed by atoms with Crippen LogP contribution < -0.4 is 5.32 Å². The normalized spacial score (nSPS) is 20.8. The number of nitrogens with zero attached hydrogens (tertiary/aromatic N) is 1. The quantitative estimate of drug-likeness (QED) is 0.914. The second-order valence-corrected chi connectivity index (χ2v) is 6.16. The highest BCUT2D eigenvalue weighted by Gasteiger charge is 2.37. The fourth-order valence-corrected chi connectivity index (χ4v) is 3.20. The third-order valence-electron chi connectivity index (χ3n) is 4.29. The Morgan fingerprint density at radius 2 is 2.05 bits per heavy atom. The van der Waals surface area contributed by atoms with Gasteiger partial charge < -0.3 is 4.90 Å². The van der Waals surface area contributed by atoms with Gasteiger partial charge in [0, 0.05) is 6.04 Å². The van der Waals surface area contributed by atoms with Crippen molar-refractivity contribution in [2.45, 2.75) is 53.2 Å². The first-order chi connectivity index (χ1) is 9.45. The van der Waals surface area contributed by atoms with E-state index in [1.807, 2.05) is 0 Å². The largest absolute Gasteiger partial charge is 0.319 e. The van der Waals surface area contributed by atoms with Crippen molar-refractivity contribution in [1.82, 2.24) is 10.2 Å². The molecule has 1 aromatic carbocycles. The highest BCUT2D eigenvalue weighted by molar-refractivity contribution is 5.81.